The molecule has 0 aliphatic carbocycles. The second-order valence-electron chi connectivity index (χ2n) is 4.41. The fourth-order valence-electron chi connectivity index (χ4n) is 2.84. The molecule has 0 amide bonds. The number of hydrogen-bond donors (Lipinski definition) is 0. The zero-order valence-corrected chi connectivity index (χ0v) is 14.7. The van der Waals surface area contributed by atoms with E-state index in [4.69, 9.17) is 5.39 Å². The molecule has 1 aromatic rings. The van der Waals surface area contributed by atoms with E-state index in [0.29, 0.717) is 5.69 Å². The Hall–Kier alpha value is -1.56. The van der Waals surface area contributed by atoms with Crippen molar-refractivity contribution in [3.05, 3.63) is 28.2 Å². The van der Waals surface area contributed by atoms with E-state index in [0.717, 1.165) is 12.8 Å². The summed E-state index contributed by atoms with van der Waals surface area (Å²) in [7, 11) is 0. The van der Waals surface area contributed by atoms with Crippen LogP contribution in [0.3, 0.4) is 0 Å². The maximum atomic E-state index is 8.85. The highest BCUT2D eigenvalue weighted by atomic mass is 15.1. The second-order valence-corrected chi connectivity index (χ2v) is 4.41. The first-order valence-electron chi connectivity index (χ1n) is 8.64. The highest BCUT2D eigenvalue weighted by Crippen LogP contribution is 2.37. The Balaban J connectivity index is 0.000000598. The van der Waals surface area contributed by atoms with Crippen LogP contribution in [0.2, 0.25) is 0 Å². The molecular weight excluding hydrogens is 258 g/mol. The van der Waals surface area contributed by atoms with Crippen molar-refractivity contribution in [2.75, 3.05) is 18.0 Å². The summed E-state index contributed by atoms with van der Waals surface area (Å²) in [5.41, 5.74) is 4.88. The van der Waals surface area contributed by atoms with Crippen LogP contribution in [0.1, 0.15) is 65.5 Å². The van der Waals surface area contributed by atoms with Crippen LogP contribution in [-0.4, -0.2) is 13.1 Å². The fourth-order valence-corrected chi connectivity index (χ4v) is 2.84. The summed E-state index contributed by atoms with van der Waals surface area (Å²) >= 11 is 0. The number of rotatable bonds is 0. The lowest BCUT2D eigenvalue weighted by Crippen LogP contribution is -2.34. The van der Waals surface area contributed by atoms with Crippen molar-refractivity contribution >= 4 is 11.4 Å². The number of diazo groups is 1. The Bertz CT molecular complexity index is 415. The SMILES string of the molecule is CC.CC.CC.N#[N+]c1cc2c3c(c1)CCCN3CCC2. The molecule has 0 N–H and O–H groups in total. The van der Waals surface area contributed by atoms with Gasteiger partial charge in [0.15, 0.2) is 4.98 Å². The van der Waals surface area contributed by atoms with Crippen molar-refractivity contribution in [2.24, 2.45) is 0 Å². The van der Waals surface area contributed by atoms with E-state index in [1.54, 1.807) is 0 Å². The fraction of sp³-hybridized carbons (Fsp3) is 0.667. The summed E-state index contributed by atoms with van der Waals surface area (Å²) in [4.78, 5) is 5.80. The van der Waals surface area contributed by atoms with E-state index in [1.165, 1.54) is 42.7 Å². The molecule has 0 atom stereocenters. The molecule has 0 aromatic heterocycles. The van der Waals surface area contributed by atoms with E-state index < -0.39 is 0 Å². The van der Waals surface area contributed by atoms with Crippen LogP contribution in [0, 0.1) is 5.39 Å². The Kier molecular flexibility index (Phi) is 10.3. The second kappa shape index (κ2) is 11.1. The Morgan fingerprint density at radius 3 is 1.67 bits per heavy atom. The number of aryl methyl sites for hydroxylation is 2. The van der Waals surface area contributed by atoms with Gasteiger partial charge in [-0.05, 0) is 36.8 Å². The quantitative estimate of drug-likeness (QED) is 0.553. The van der Waals surface area contributed by atoms with Gasteiger partial charge in [0.2, 0.25) is 5.39 Å². The third-order valence-corrected chi connectivity index (χ3v) is 3.43. The average Bonchev–Trinajstić information content (AvgIpc) is 2.60. The van der Waals surface area contributed by atoms with Gasteiger partial charge < -0.3 is 4.90 Å². The molecule has 0 spiro atoms. The Morgan fingerprint density at radius 2 is 1.29 bits per heavy atom. The molecule has 0 bridgehead atoms. The maximum Gasteiger partial charge on any atom is 0.385 e. The first-order valence-corrected chi connectivity index (χ1v) is 8.64. The van der Waals surface area contributed by atoms with Crippen molar-refractivity contribution in [1.82, 2.24) is 0 Å². The van der Waals surface area contributed by atoms with Crippen molar-refractivity contribution < 1.29 is 0 Å². The topological polar surface area (TPSA) is 31.4 Å². The van der Waals surface area contributed by atoms with Gasteiger partial charge in [-0.1, -0.05) is 41.5 Å². The normalized spacial score (nSPS) is 13.9. The number of benzene rings is 1. The van der Waals surface area contributed by atoms with Gasteiger partial charge in [0, 0.05) is 30.9 Å². The lowest BCUT2D eigenvalue weighted by Gasteiger charge is -2.36. The summed E-state index contributed by atoms with van der Waals surface area (Å²) < 4.78 is 0. The summed E-state index contributed by atoms with van der Waals surface area (Å²) in [6.45, 7) is 14.4. The minimum Gasteiger partial charge on any atom is -0.371 e. The highest BCUT2D eigenvalue weighted by Gasteiger charge is 2.26. The summed E-state index contributed by atoms with van der Waals surface area (Å²) in [6, 6.07) is 4.05. The van der Waals surface area contributed by atoms with Gasteiger partial charge in [-0.25, -0.2) is 0 Å². The van der Waals surface area contributed by atoms with E-state index in [2.05, 4.69) is 9.88 Å². The summed E-state index contributed by atoms with van der Waals surface area (Å²) in [5, 5.41) is 8.85. The lowest BCUT2D eigenvalue weighted by molar-refractivity contribution is 0.634. The minimum atomic E-state index is 0.715. The van der Waals surface area contributed by atoms with Crippen molar-refractivity contribution in [3.63, 3.8) is 0 Å². The van der Waals surface area contributed by atoms with E-state index >= 15 is 0 Å². The molecule has 0 saturated carbocycles. The van der Waals surface area contributed by atoms with Crippen LogP contribution < -0.4 is 4.90 Å². The predicted molar refractivity (Wildman–Crippen MR) is 94.1 cm³/mol. The minimum absolute atomic E-state index is 0.715. The summed E-state index contributed by atoms with van der Waals surface area (Å²) in [5.74, 6) is 0. The third kappa shape index (κ3) is 4.74. The van der Waals surface area contributed by atoms with Crippen LogP contribution in [-0.2, 0) is 12.8 Å². The average molecular weight is 290 g/mol. The predicted octanol–water partition coefficient (Wildman–Crippen LogP) is 5.95. The molecule has 3 rings (SSSR count). The first kappa shape index (κ1) is 19.4. The van der Waals surface area contributed by atoms with Crippen LogP contribution in [0.15, 0.2) is 12.1 Å². The van der Waals surface area contributed by atoms with Crippen molar-refractivity contribution in [3.8, 4) is 0 Å². The molecule has 0 fully saturated rings. The first-order chi connectivity index (χ1) is 10.4. The molecule has 2 aliphatic rings. The van der Waals surface area contributed by atoms with Gasteiger partial charge in [0.1, 0.15) is 0 Å². The monoisotopic (exact) mass is 290 g/mol. The lowest BCUT2D eigenvalue weighted by atomic mass is 9.91. The van der Waals surface area contributed by atoms with Crippen LogP contribution in [0.25, 0.3) is 4.98 Å². The van der Waals surface area contributed by atoms with E-state index in [-0.39, 0.29) is 0 Å². The molecule has 3 nitrogen and oxygen atoms in total. The zero-order chi connectivity index (χ0) is 16.3. The maximum absolute atomic E-state index is 8.85. The number of anilines is 1. The van der Waals surface area contributed by atoms with Gasteiger partial charge in [0.05, 0.1) is 0 Å². The molecule has 1 aromatic carbocycles. The zero-order valence-electron chi connectivity index (χ0n) is 14.7. The van der Waals surface area contributed by atoms with Crippen LogP contribution in [0.5, 0.6) is 0 Å². The van der Waals surface area contributed by atoms with Crippen molar-refractivity contribution in [2.45, 2.75) is 67.2 Å². The molecule has 3 heteroatoms. The molecular formula is C18H32N3+. The van der Waals surface area contributed by atoms with E-state index in [1.807, 2.05) is 53.7 Å². The smallest absolute Gasteiger partial charge is 0.371 e. The van der Waals surface area contributed by atoms with Gasteiger partial charge >= 0.3 is 5.69 Å². The van der Waals surface area contributed by atoms with Gasteiger partial charge in [-0.15, -0.1) is 0 Å². The largest absolute Gasteiger partial charge is 0.385 e. The molecule has 0 saturated heterocycles. The van der Waals surface area contributed by atoms with Gasteiger partial charge in [-0.2, -0.15) is 0 Å². The van der Waals surface area contributed by atoms with Gasteiger partial charge in [-0.3, -0.25) is 0 Å². The summed E-state index contributed by atoms with van der Waals surface area (Å²) in [6.07, 6.45) is 4.70. The molecule has 118 valence electrons. The third-order valence-electron chi connectivity index (χ3n) is 3.43. The van der Waals surface area contributed by atoms with Crippen LogP contribution in [0.4, 0.5) is 11.4 Å². The molecule has 21 heavy (non-hydrogen) atoms. The van der Waals surface area contributed by atoms with E-state index in [9.17, 15) is 0 Å². The number of hydrogen-bond acceptors (Lipinski definition) is 2. The van der Waals surface area contributed by atoms with Gasteiger partial charge in [0.25, 0.3) is 0 Å². The number of nitrogens with zero attached hydrogens (tertiary/aromatic N) is 3. The molecule has 2 aliphatic heterocycles. The molecule has 0 unspecified atom stereocenters. The molecule has 0 radical (unpaired) electrons. The standard InChI is InChI=1S/C12H14N3.3C2H6/c13-14-11-7-9-3-1-5-15-6-2-4-10(8-11)12(9)15;3*1-2/h7-8H,1-6H2;3*1-2H3/q+1;;;. The Labute approximate surface area is 131 Å². The Morgan fingerprint density at radius 1 is 0.857 bits per heavy atom. The van der Waals surface area contributed by atoms with Crippen molar-refractivity contribution in [1.29, 1.82) is 5.39 Å². The highest BCUT2D eigenvalue weighted by molar-refractivity contribution is 5.68. The van der Waals surface area contributed by atoms with Crippen LogP contribution >= 0.6 is 0 Å². The molecule has 2 heterocycles.